The average molecular weight is 442 g/mol. The molecule has 10 heteroatoms. The second kappa shape index (κ2) is 9.73. The number of aromatic hydroxyl groups is 1. The van der Waals surface area contributed by atoms with Gasteiger partial charge in [0.25, 0.3) is 6.47 Å². The van der Waals surface area contributed by atoms with Crippen LogP contribution in [0.1, 0.15) is 22.3 Å². The standard InChI is InChI=1S/C18H18ClNO5S.CH2O2/c19-16-5-4-14(18(22)23)10-17(16)26(24,25)20-7-6-13(11-20)8-12-2-1-3-15(21)9-12;2-1-3/h1-5,9-10,13,21H,6-8,11H2,(H,22,23);1H,(H,2,3). The average Bonchev–Trinajstić information content (AvgIpc) is 3.12. The van der Waals surface area contributed by atoms with Gasteiger partial charge in [0.1, 0.15) is 10.6 Å². The van der Waals surface area contributed by atoms with Gasteiger partial charge >= 0.3 is 5.97 Å². The highest BCUT2D eigenvalue weighted by Crippen LogP contribution is 2.31. The SMILES string of the molecule is O=C(O)c1ccc(Cl)c(S(=O)(=O)N2CCC(Cc3cccc(O)c3)C2)c1.O=CO. The lowest BCUT2D eigenvalue weighted by molar-refractivity contribution is -0.122. The molecule has 3 rings (SSSR count). The number of hydrogen-bond donors (Lipinski definition) is 3. The van der Waals surface area contributed by atoms with E-state index in [1.165, 1.54) is 16.4 Å². The fourth-order valence-electron chi connectivity index (χ4n) is 3.17. The van der Waals surface area contributed by atoms with Gasteiger partial charge in [-0.3, -0.25) is 4.79 Å². The zero-order chi connectivity index (χ0) is 21.6. The molecule has 156 valence electrons. The number of phenolic OH excluding ortho intramolecular Hbond substituents is 1. The monoisotopic (exact) mass is 441 g/mol. The maximum absolute atomic E-state index is 12.9. The summed E-state index contributed by atoms with van der Waals surface area (Å²) in [6.45, 7) is 0.422. The Morgan fingerprint density at radius 3 is 2.55 bits per heavy atom. The molecule has 0 aliphatic carbocycles. The van der Waals surface area contributed by atoms with E-state index in [4.69, 9.17) is 26.6 Å². The van der Waals surface area contributed by atoms with Gasteiger partial charge in [-0.1, -0.05) is 23.7 Å². The van der Waals surface area contributed by atoms with Crippen LogP contribution in [0.3, 0.4) is 0 Å². The molecule has 3 N–H and O–H groups in total. The van der Waals surface area contributed by atoms with Crippen LogP contribution >= 0.6 is 11.6 Å². The van der Waals surface area contributed by atoms with Gasteiger partial charge in [-0.2, -0.15) is 4.31 Å². The van der Waals surface area contributed by atoms with Crippen molar-refractivity contribution >= 4 is 34.1 Å². The highest BCUT2D eigenvalue weighted by molar-refractivity contribution is 7.89. The molecule has 1 fully saturated rings. The van der Waals surface area contributed by atoms with E-state index in [2.05, 4.69) is 0 Å². The Morgan fingerprint density at radius 2 is 1.93 bits per heavy atom. The van der Waals surface area contributed by atoms with Gasteiger partial charge < -0.3 is 15.3 Å². The van der Waals surface area contributed by atoms with Crippen LogP contribution < -0.4 is 0 Å². The molecule has 1 heterocycles. The highest BCUT2D eigenvalue weighted by Gasteiger charge is 2.34. The first kappa shape index (κ1) is 22.7. The normalized spacial score (nSPS) is 16.7. The number of carboxylic acid groups (broad SMARTS) is 2. The Hall–Kier alpha value is -2.62. The first-order valence-electron chi connectivity index (χ1n) is 8.57. The minimum absolute atomic E-state index is 0.00596. The topological polar surface area (TPSA) is 132 Å². The molecule has 2 aromatic carbocycles. The van der Waals surface area contributed by atoms with Gasteiger partial charge in [0.2, 0.25) is 10.0 Å². The van der Waals surface area contributed by atoms with Crippen LogP contribution in [0.5, 0.6) is 5.75 Å². The molecule has 0 bridgehead atoms. The van der Waals surface area contributed by atoms with E-state index >= 15 is 0 Å². The number of phenols is 1. The summed E-state index contributed by atoms with van der Waals surface area (Å²) in [7, 11) is -3.87. The molecule has 0 spiro atoms. The summed E-state index contributed by atoms with van der Waals surface area (Å²) in [6, 6.07) is 10.6. The zero-order valence-corrected chi connectivity index (χ0v) is 16.8. The second-order valence-electron chi connectivity index (χ2n) is 6.45. The predicted octanol–water partition coefficient (Wildman–Crippen LogP) is 2.70. The summed E-state index contributed by atoms with van der Waals surface area (Å²) >= 11 is 6.02. The number of hydrogen-bond acceptors (Lipinski definition) is 5. The van der Waals surface area contributed by atoms with Gasteiger partial charge in [0.05, 0.1) is 10.6 Å². The van der Waals surface area contributed by atoms with E-state index < -0.39 is 16.0 Å². The maximum Gasteiger partial charge on any atom is 0.335 e. The Bertz CT molecular complexity index is 994. The molecule has 0 amide bonds. The van der Waals surface area contributed by atoms with E-state index in [1.54, 1.807) is 18.2 Å². The summed E-state index contributed by atoms with van der Waals surface area (Å²) in [5.41, 5.74) is 0.823. The molecule has 8 nitrogen and oxygen atoms in total. The maximum atomic E-state index is 12.9. The molecule has 0 radical (unpaired) electrons. The van der Waals surface area contributed by atoms with E-state index in [9.17, 15) is 18.3 Å². The molecular weight excluding hydrogens is 422 g/mol. The van der Waals surface area contributed by atoms with Crippen LogP contribution in [0.2, 0.25) is 5.02 Å². The minimum Gasteiger partial charge on any atom is -0.508 e. The number of benzene rings is 2. The van der Waals surface area contributed by atoms with E-state index in [0.29, 0.717) is 25.9 Å². The minimum atomic E-state index is -3.87. The van der Waals surface area contributed by atoms with Gasteiger partial charge in [-0.15, -0.1) is 0 Å². The van der Waals surface area contributed by atoms with E-state index in [0.717, 1.165) is 11.6 Å². The molecule has 1 unspecified atom stereocenters. The van der Waals surface area contributed by atoms with Crippen LogP contribution in [-0.2, 0) is 21.2 Å². The molecule has 1 aliphatic heterocycles. The number of carboxylic acids is 1. The van der Waals surface area contributed by atoms with Crippen molar-refractivity contribution in [2.45, 2.75) is 17.7 Å². The van der Waals surface area contributed by atoms with Crippen LogP contribution in [0.4, 0.5) is 0 Å². The molecule has 2 aromatic rings. The zero-order valence-electron chi connectivity index (χ0n) is 15.2. The van der Waals surface area contributed by atoms with Crippen LogP contribution in [0.25, 0.3) is 0 Å². The smallest absolute Gasteiger partial charge is 0.335 e. The number of aromatic carboxylic acids is 1. The Balaban J connectivity index is 0.000000941. The summed E-state index contributed by atoms with van der Waals surface area (Å²) in [5.74, 6) is -0.906. The van der Waals surface area contributed by atoms with E-state index in [1.807, 2.05) is 6.07 Å². The molecule has 1 aliphatic rings. The van der Waals surface area contributed by atoms with Crippen molar-refractivity contribution < 1.29 is 33.3 Å². The van der Waals surface area contributed by atoms with Crippen molar-refractivity contribution in [2.24, 2.45) is 5.92 Å². The summed E-state index contributed by atoms with van der Waals surface area (Å²) in [6.07, 6.45) is 1.34. The highest BCUT2D eigenvalue weighted by atomic mass is 35.5. The van der Waals surface area contributed by atoms with Gasteiger partial charge in [-0.25, -0.2) is 13.2 Å². The van der Waals surface area contributed by atoms with Crippen molar-refractivity contribution in [1.82, 2.24) is 4.31 Å². The first-order chi connectivity index (χ1) is 13.7. The predicted molar refractivity (Wildman–Crippen MR) is 106 cm³/mol. The number of carbonyl (C=O) groups is 2. The fraction of sp³-hybridized carbons (Fsp3) is 0.263. The van der Waals surface area contributed by atoms with Gasteiger partial charge in [-0.05, 0) is 54.7 Å². The Kier molecular flexibility index (Phi) is 7.60. The number of sulfonamides is 1. The van der Waals surface area contributed by atoms with Crippen LogP contribution in [0, 0.1) is 5.92 Å². The lowest BCUT2D eigenvalue weighted by atomic mass is 9.99. The molecule has 1 saturated heterocycles. The third-order valence-corrected chi connectivity index (χ3v) is 6.83. The largest absolute Gasteiger partial charge is 0.508 e. The quantitative estimate of drug-likeness (QED) is 0.607. The summed E-state index contributed by atoms with van der Waals surface area (Å²) in [4.78, 5) is 19.3. The van der Waals surface area contributed by atoms with Gasteiger partial charge in [0.15, 0.2) is 0 Å². The molecule has 1 atom stereocenters. The van der Waals surface area contributed by atoms with Crippen molar-refractivity contribution in [3.63, 3.8) is 0 Å². The van der Waals surface area contributed by atoms with Crippen molar-refractivity contribution in [3.8, 4) is 5.75 Å². The number of nitrogens with zero attached hydrogens (tertiary/aromatic N) is 1. The first-order valence-corrected chi connectivity index (χ1v) is 10.4. The second-order valence-corrected chi connectivity index (χ2v) is 8.76. The van der Waals surface area contributed by atoms with Crippen LogP contribution in [0.15, 0.2) is 47.4 Å². The molecular formula is C19H20ClNO7S. The number of rotatable bonds is 5. The third kappa shape index (κ3) is 5.69. The lowest BCUT2D eigenvalue weighted by Gasteiger charge is -2.18. The summed E-state index contributed by atoms with van der Waals surface area (Å²) in [5, 5.41) is 25.5. The molecule has 29 heavy (non-hydrogen) atoms. The van der Waals surface area contributed by atoms with Crippen molar-refractivity contribution in [3.05, 3.63) is 58.6 Å². The third-order valence-electron chi connectivity index (χ3n) is 4.48. The molecule has 0 saturated carbocycles. The Morgan fingerprint density at radius 1 is 1.24 bits per heavy atom. The van der Waals surface area contributed by atoms with Crippen molar-refractivity contribution in [1.29, 1.82) is 0 Å². The van der Waals surface area contributed by atoms with E-state index in [-0.39, 0.29) is 33.6 Å². The fourth-order valence-corrected chi connectivity index (χ4v) is 5.20. The lowest BCUT2D eigenvalue weighted by Crippen LogP contribution is -2.29. The van der Waals surface area contributed by atoms with Crippen LogP contribution in [-0.4, -0.2) is 53.6 Å². The number of halogens is 1. The Labute approximate surface area is 173 Å². The summed E-state index contributed by atoms with van der Waals surface area (Å²) < 4.78 is 27.1. The molecule has 0 aromatic heterocycles. The van der Waals surface area contributed by atoms with Crippen molar-refractivity contribution in [2.75, 3.05) is 13.1 Å². The van der Waals surface area contributed by atoms with Gasteiger partial charge in [0, 0.05) is 13.1 Å².